The van der Waals surface area contributed by atoms with Crippen LogP contribution in [-0.4, -0.2) is 31.2 Å². The number of nitrogens with zero attached hydrogens (tertiary/aromatic N) is 3. The van der Waals surface area contributed by atoms with Crippen molar-refractivity contribution in [2.45, 2.75) is 24.8 Å². The van der Waals surface area contributed by atoms with Crippen molar-refractivity contribution in [2.75, 3.05) is 5.32 Å². The molecule has 0 aromatic carbocycles. The molecule has 1 saturated carbocycles. The summed E-state index contributed by atoms with van der Waals surface area (Å²) >= 11 is 0. The number of carbonyl (C=O) groups is 1. The zero-order chi connectivity index (χ0) is 11.9. The van der Waals surface area contributed by atoms with E-state index in [9.17, 15) is 9.90 Å². The Kier molecular flexibility index (Phi) is 2.04. The van der Waals surface area contributed by atoms with E-state index in [1.807, 2.05) is 0 Å². The number of carboxylic acid groups (broad SMARTS) is 1. The molecule has 17 heavy (non-hydrogen) atoms. The van der Waals surface area contributed by atoms with E-state index in [1.165, 1.54) is 0 Å². The van der Waals surface area contributed by atoms with Crippen LogP contribution in [0.25, 0.3) is 5.65 Å². The third-order valence-corrected chi connectivity index (χ3v) is 3.24. The Bertz CT molecular complexity index is 574. The van der Waals surface area contributed by atoms with Gasteiger partial charge in [-0.15, -0.1) is 0 Å². The second-order valence-electron chi connectivity index (χ2n) is 4.31. The third-order valence-electron chi connectivity index (χ3n) is 3.24. The number of rotatable bonds is 3. The highest BCUT2D eigenvalue weighted by atomic mass is 16.4. The van der Waals surface area contributed by atoms with Gasteiger partial charge in [-0.1, -0.05) is 0 Å². The normalized spacial score (nSPS) is 17.6. The van der Waals surface area contributed by atoms with Crippen LogP contribution in [0.4, 0.5) is 5.82 Å². The van der Waals surface area contributed by atoms with Gasteiger partial charge in [-0.2, -0.15) is 5.10 Å². The summed E-state index contributed by atoms with van der Waals surface area (Å²) in [6, 6.07) is 3.52. The molecule has 88 valence electrons. The molecule has 3 rings (SSSR count). The first-order chi connectivity index (χ1) is 8.20. The lowest BCUT2D eigenvalue weighted by Gasteiger charge is -2.38. The predicted molar refractivity (Wildman–Crippen MR) is 60.8 cm³/mol. The van der Waals surface area contributed by atoms with Gasteiger partial charge >= 0.3 is 5.97 Å². The van der Waals surface area contributed by atoms with Crippen LogP contribution < -0.4 is 5.32 Å². The standard InChI is InChI=1S/C11H12N4O2/c16-10(17)11(4-1-5-11)14-8-3-7-15-9(13-8)2-6-12-15/h2-3,6-7H,1,4-5H2,(H,13,14)(H,16,17). The molecule has 0 unspecified atom stereocenters. The van der Waals surface area contributed by atoms with E-state index >= 15 is 0 Å². The van der Waals surface area contributed by atoms with E-state index in [1.54, 1.807) is 29.0 Å². The Morgan fingerprint density at radius 1 is 1.47 bits per heavy atom. The Hall–Kier alpha value is -2.11. The monoisotopic (exact) mass is 232 g/mol. The van der Waals surface area contributed by atoms with Crippen molar-refractivity contribution in [3.63, 3.8) is 0 Å². The fraction of sp³-hybridized carbons (Fsp3) is 0.364. The lowest BCUT2D eigenvalue weighted by molar-refractivity contribution is -0.145. The van der Waals surface area contributed by atoms with Crippen LogP contribution in [0.1, 0.15) is 19.3 Å². The van der Waals surface area contributed by atoms with Gasteiger partial charge in [0, 0.05) is 12.3 Å². The molecule has 0 amide bonds. The summed E-state index contributed by atoms with van der Waals surface area (Å²) in [5.41, 5.74) is -0.124. The van der Waals surface area contributed by atoms with E-state index in [0.717, 1.165) is 6.42 Å². The second kappa shape index (κ2) is 3.44. The summed E-state index contributed by atoms with van der Waals surface area (Å²) in [6.07, 6.45) is 5.65. The quantitative estimate of drug-likeness (QED) is 0.829. The van der Waals surface area contributed by atoms with Gasteiger partial charge in [0.25, 0.3) is 0 Å². The van der Waals surface area contributed by atoms with Crippen LogP contribution in [0.3, 0.4) is 0 Å². The van der Waals surface area contributed by atoms with Crippen molar-refractivity contribution in [3.05, 3.63) is 24.5 Å². The average molecular weight is 232 g/mol. The van der Waals surface area contributed by atoms with Crippen LogP contribution in [-0.2, 0) is 4.79 Å². The summed E-state index contributed by atoms with van der Waals surface area (Å²) < 4.78 is 1.64. The first-order valence-electron chi connectivity index (χ1n) is 5.52. The number of aliphatic carboxylic acids is 1. The molecule has 0 bridgehead atoms. The van der Waals surface area contributed by atoms with Crippen molar-refractivity contribution < 1.29 is 9.90 Å². The summed E-state index contributed by atoms with van der Waals surface area (Å²) in [5, 5.41) is 16.3. The zero-order valence-corrected chi connectivity index (χ0v) is 9.13. The number of carboxylic acids is 1. The Morgan fingerprint density at radius 3 is 2.94 bits per heavy atom. The van der Waals surface area contributed by atoms with Gasteiger partial charge in [-0.05, 0) is 25.3 Å². The highest BCUT2D eigenvalue weighted by Gasteiger charge is 2.44. The third kappa shape index (κ3) is 1.52. The van der Waals surface area contributed by atoms with E-state index in [-0.39, 0.29) is 0 Å². The number of hydrogen-bond donors (Lipinski definition) is 2. The highest BCUT2D eigenvalue weighted by Crippen LogP contribution is 2.35. The molecule has 2 aromatic heterocycles. The Morgan fingerprint density at radius 2 is 2.29 bits per heavy atom. The maximum Gasteiger partial charge on any atom is 0.329 e. The van der Waals surface area contributed by atoms with Crippen molar-refractivity contribution in [3.8, 4) is 0 Å². The number of hydrogen-bond acceptors (Lipinski definition) is 4. The van der Waals surface area contributed by atoms with Gasteiger partial charge in [0.1, 0.15) is 11.4 Å². The largest absolute Gasteiger partial charge is 0.480 e. The van der Waals surface area contributed by atoms with E-state index < -0.39 is 11.5 Å². The van der Waals surface area contributed by atoms with Gasteiger partial charge < -0.3 is 10.4 Å². The fourth-order valence-electron chi connectivity index (χ4n) is 2.05. The Labute approximate surface area is 97.3 Å². The summed E-state index contributed by atoms with van der Waals surface area (Å²) in [5.74, 6) is -0.223. The van der Waals surface area contributed by atoms with Gasteiger partial charge in [0.15, 0.2) is 5.65 Å². The van der Waals surface area contributed by atoms with Gasteiger partial charge in [-0.25, -0.2) is 14.3 Å². The number of fused-ring (bicyclic) bond motifs is 1. The summed E-state index contributed by atoms with van der Waals surface area (Å²) in [4.78, 5) is 15.5. The van der Waals surface area contributed by atoms with Crippen LogP contribution in [0.15, 0.2) is 24.5 Å². The molecule has 0 atom stereocenters. The topological polar surface area (TPSA) is 79.5 Å². The maximum absolute atomic E-state index is 11.2. The van der Waals surface area contributed by atoms with Gasteiger partial charge in [-0.3, -0.25) is 0 Å². The van der Waals surface area contributed by atoms with Gasteiger partial charge in [0.05, 0.1) is 6.20 Å². The van der Waals surface area contributed by atoms with Crippen LogP contribution in [0, 0.1) is 0 Å². The SMILES string of the molecule is O=C(O)C1(Nc2ccn3nccc3n2)CCC1. The highest BCUT2D eigenvalue weighted by molar-refractivity contribution is 5.83. The van der Waals surface area contributed by atoms with Crippen LogP contribution in [0.5, 0.6) is 0 Å². The number of anilines is 1. The fourth-order valence-corrected chi connectivity index (χ4v) is 2.05. The lowest BCUT2D eigenvalue weighted by atomic mass is 9.77. The van der Waals surface area contributed by atoms with Crippen molar-refractivity contribution >= 4 is 17.4 Å². The predicted octanol–water partition coefficient (Wildman–Crippen LogP) is 1.15. The molecule has 0 aliphatic heterocycles. The van der Waals surface area contributed by atoms with Crippen LogP contribution >= 0.6 is 0 Å². The Balaban J connectivity index is 1.91. The zero-order valence-electron chi connectivity index (χ0n) is 9.13. The minimum absolute atomic E-state index is 0.583. The van der Waals surface area contributed by atoms with E-state index in [4.69, 9.17) is 0 Å². The molecule has 0 spiro atoms. The van der Waals surface area contributed by atoms with Gasteiger partial charge in [0.2, 0.25) is 0 Å². The molecule has 0 saturated heterocycles. The lowest BCUT2D eigenvalue weighted by Crippen LogP contribution is -2.52. The van der Waals surface area contributed by atoms with Crippen molar-refractivity contribution in [1.29, 1.82) is 0 Å². The molecule has 1 aliphatic rings. The molecule has 1 fully saturated rings. The second-order valence-corrected chi connectivity index (χ2v) is 4.31. The molecule has 6 heteroatoms. The van der Waals surface area contributed by atoms with E-state index in [0.29, 0.717) is 24.3 Å². The molecular weight excluding hydrogens is 220 g/mol. The first kappa shape index (κ1) is 10.1. The molecule has 2 N–H and O–H groups in total. The van der Waals surface area contributed by atoms with E-state index in [2.05, 4.69) is 15.4 Å². The summed E-state index contributed by atoms with van der Waals surface area (Å²) in [6.45, 7) is 0. The molecule has 6 nitrogen and oxygen atoms in total. The van der Waals surface area contributed by atoms with Crippen molar-refractivity contribution in [1.82, 2.24) is 14.6 Å². The average Bonchev–Trinajstić information content (AvgIpc) is 2.69. The molecule has 0 radical (unpaired) electrons. The van der Waals surface area contributed by atoms with Crippen molar-refractivity contribution in [2.24, 2.45) is 0 Å². The smallest absolute Gasteiger partial charge is 0.329 e. The first-order valence-corrected chi connectivity index (χ1v) is 5.52. The maximum atomic E-state index is 11.2. The number of nitrogens with one attached hydrogen (secondary N) is 1. The minimum Gasteiger partial charge on any atom is -0.480 e. The molecule has 2 heterocycles. The number of aromatic nitrogens is 3. The molecular formula is C11H12N4O2. The molecule has 2 aromatic rings. The van der Waals surface area contributed by atoms with Crippen LogP contribution in [0.2, 0.25) is 0 Å². The molecule has 1 aliphatic carbocycles. The minimum atomic E-state index is -0.828. The summed E-state index contributed by atoms with van der Waals surface area (Å²) in [7, 11) is 0.